The van der Waals surface area contributed by atoms with E-state index in [0.717, 1.165) is 11.5 Å². The Kier molecular flexibility index (Phi) is 4.54. The number of nitrogens with zero attached hydrogens (tertiary/aromatic N) is 1. The highest BCUT2D eigenvalue weighted by molar-refractivity contribution is 7.99. The van der Waals surface area contributed by atoms with Crippen molar-refractivity contribution in [3.8, 4) is 0 Å². The third-order valence-corrected chi connectivity index (χ3v) is 3.46. The zero-order valence-corrected chi connectivity index (χ0v) is 8.81. The van der Waals surface area contributed by atoms with Gasteiger partial charge in [-0.15, -0.1) is 11.8 Å². The standard InChI is InChI=1S/C9H13NS2/c1-8(6-11)7-12-9-2-4-10-5-3-9/h2-5,8,11H,6-7H2,1H3. The summed E-state index contributed by atoms with van der Waals surface area (Å²) in [6, 6.07) is 4.08. The highest BCUT2D eigenvalue weighted by Gasteiger charge is 1.99. The SMILES string of the molecule is CC(CS)CSc1ccncc1. The summed E-state index contributed by atoms with van der Waals surface area (Å²) < 4.78 is 0. The van der Waals surface area contributed by atoms with Gasteiger partial charge < -0.3 is 0 Å². The third kappa shape index (κ3) is 3.50. The van der Waals surface area contributed by atoms with Gasteiger partial charge in [0.05, 0.1) is 0 Å². The molecule has 0 bridgehead atoms. The second-order valence-corrected chi connectivity index (χ2v) is 4.24. The Balaban J connectivity index is 2.33. The minimum absolute atomic E-state index is 0.673. The zero-order valence-electron chi connectivity index (χ0n) is 7.10. The maximum atomic E-state index is 4.24. The molecule has 12 heavy (non-hydrogen) atoms. The van der Waals surface area contributed by atoms with Crippen molar-refractivity contribution in [2.24, 2.45) is 5.92 Å². The Morgan fingerprint density at radius 3 is 2.75 bits per heavy atom. The van der Waals surface area contributed by atoms with Crippen LogP contribution in [-0.2, 0) is 0 Å². The number of thiol groups is 1. The molecule has 0 aliphatic rings. The first-order valence-corrected chi connectivity index (χ1v) is 5.58. The monoisotopic (exact) mass is 199 g/mol. The molecule has 1 aromatic heterocycles. The van der Waals surface area contributed by atoms with Crippen LogP contribution in [0.3, 0.4) is 0 Å². The second kappa shape index (κ2) is 5.49. The van der Waals surface area contributed by atoms with Crippen molar-refractivity contribution >= 4 is 24.4 Å². The molecule has 1 aromatic rings. The Bertz CT molecular complexity index is 213. The molecule has 0 fully saturated rings. The molecule has 1 unspecified atom stereocenters. The third-order valence-electron chi connectivity index (χ3n) is 1.50. The van der Waals surface area contributed by atoms with E-state index in [1.165, 1.54) is 4.90 Å². The molecule has 1 nitrogen and oxygen atoms in total. The van der Waals surface area contributed by atoms with Gasteiger partial charge in [0.25, 0.3) is 0 Å². The second-order valence-electron chi connectivity index (χ2n) is 2.78. The Labute approximate surface area is 83.4 Å². The summed E-state index contributed by atoms with van der Waals surface area (Å²) in [7, 11) is 0. The van der Waals surface area contributed by atoms with E-state index in [0.29, 0.717) is 5.92 Å². The van der Waals surface area contributed by atoms with Gasteiger partial charge in [0.2, 0.25) is 0 Å². The van der Waals surface area contributed by atoms with Gasteiger partial charge in [-0.3, -0.25) is 4.98 Å². The summed E-state index contributed by atoms with van der Waals surface area (Å²) in [6.45, 7) is 2.21. The van der Waals surface area contributed by atoms with Crippen LogP contribution in [0, 0.1) is 5.92 Å². The van der Waals surface area contributed by atoms with Gasteiger partial charge in [0, 0.05) is 23.0 Å². The Hall–Kier alpha value is -0.150. The molecule has 0 aliphatic heterocycles. The summed E-state index contributed by atoms with van der Waals surface area (Å²) in [6.07, 6.45) is 3.65. The van der Waals surface area contributed by atoms with E-state index in [1.807, 2.05) is 36.3 Å². The smallest absolute Gasteiger partial charge is 0.0278 e. The summed E-state index contributed by atoms with van der Waals surface area (Å²) in [5.41, 5.74) is 0. The van der Waals surface area contributed by atoms with Crippen LogP contribution < -0.4 is 0 Å². The lowest BCUT2D eigenvalue weighted by molar-refractivity contribution is 0.766. The molecule has 0 amide bonds. The van der Waals surface area contributed by atoms with Crippen LogP contribution in [0.5, 0.6) is 0 Å². The van der Waals surface area contributed by atoms with Crippen molar-refractivity contribution in [2.45, 2.75) is 11.8 Å². The molecule has 0 saturated heterocycles. The number of rotatable bonds is 4. The van der Waals surface area contributed by atoms with Crippen LogP contribution in [0.4, 0.5) is 0 Å². The van der Waals surface area contributed by atoms with Gasteiger partial charge in [0.15, 0.2) is 0 Å². The van der Waals surface area contributed by atoms with E-state index in [9.17, 15) is 0 Å². The number of aromatic nitrogens is 1. The van der Waals surface area contributed by atoms with Crippen LogP contribution >= 0.6 is 24.4 Å². The number of pyridine rings is 1. The van der Waals surface area contributed by atoms with E-state index >= 15 is 0 Å². The van der Waals surface area contributed by atoms with Gasteiger partial charge in [-0.05, 0) is 23.8 Å². The molecule has 66 valence electrons. The topological polar surface area (TPSA) is 12.9 Å². The lowest BCUT2D eigenvalue weighted by Crippen LogP contribution is -1.98. The van der Waals surface area contributed by atoms with Crippen molar-refractivity contribution < 1.29 is 0 Å². The van der Waals surface area contributed by atoms with Crippen molar-refractivity contribution in [3.05, 3.63) is 24.5 Å². The van der Waals surface area contributed by atoms with E-state index in [1.54, 1.807) is 0 Å². The molecule has 1 rings (SSSR count). The van der Waals surface area contributed by atoms with Crippen molar-refractivity contribution in [2.75, 3.05) is 11.5 Å². The van der Waals surface area contributed by atoms with E-state index in [4.69, 9.17) is 0 Å². The average molecular weight is 199 g/mol. The summed E-state index contributed by atoms with van der Waals surface area (Å²) in [5.74, 6) is 2.76. The predicted molar refractivity (Wildman–Crippen MR) is 58.0 cm³/mol. The summed E-state index contributed by atoms with van der Waals surface area (Å²) in [4.78, 5) is 5.25. The fraction of sp³-hybridized carbons (Fsp3) is 0.444. The number of hydrogen-bond donors (Lipinski definition) is 1. The Morgan fingerprint density at radius 1 is 1.50 bits per heavy atom. The largest absolute Gasteiger partial charge is 0.265 e. The molecule has 0 radical (unpaired) electrons. The van der Waals surface area contributed by atoms with Gasteiger partial charge in [-0.25, -0.2) is 0 Å². The van der Waals surface area contributed by atoms with Crippen LogP contribution in [0.25, 0.3) is 0 Å². The first-order valence-electron chi connectivity index (χ1n) is 3.96. The predicted octanol–water partition coefficient (Wildman–Crippen LogP) is 2.74. The van der Waals surface area contributed by atoms with Crippen LogP contribution in [0.15, 0.2) is 29.4 Å². The van der Waals surface area contributed by atoms with Crippen molar-refractivity contribution in [1.82, 2.24) is 4.98 Å². The lowest BCUT2D eigenvalue weighted by atomic mass is 10.3. The van der Waals surface area contributed by atoms with E-state index in [-0.39, 0.29) is 0 Å². The number of thioether (sulfide) groups is 1. The van der Waals surface area contributed by atoms with Gasteiger partial charge in [-0.2, -0.15) is 12.6 Å². The first kappa shape index (κ1) is 9.93. The van der Waals surface area contributed by atoms with E-state index in [2.05, 4.69) is 24.5 Å². The minimum atomic E-state index is 0.673. The molecular weight excluding hydrogens is 186 g/mol. The van der Waals surface area contributed by atoms with Crippen LogP contribution in [-0.4, -0.2) is 16.5 Å². The van der Waals surface area contributed by atoms with E-state index < -0.39 is 0 Å². The molecule has 1 heterocycles. The maximum Gasteiger partial charge on any atom is 0.0278 e. The fourth-order valence-electron chi connectivity index (χ4n) is 0.726. The lowest BCUT2D eigenvalue weighted by Gasteiger charge is -2.06. The van der Waals surface area contributed by atoms with Gasteiger partial charge in [-0.1, -0.05) is 6.92 Å². The molecule has 0 spiro atoms. The molecule has 1 atom stereocenters. The van der Waals surface area contributed by atoms with Crippen molar-refractivity contribution in [3.63, 3.8) is 0 Å². The van der Waals surface area contributed by atoms with Crippen molar-refractivity contribution in [1.29, 1.82) is 0 Å². The van der Waals surface area contributed by atoms with Crippen LogP contribution in [0.1, 0.15) is 6.92 Å². The highest BCUT2D eigenvalue weighted by Crippen LogP contribution is 2.19. The molecule has 0 aliphatic carbocycles. The fourth-order valence-corrected chi connectivity index (χ4v) is 1.94. The van der Waals surface area contributed by atoms with Gasteiger partial charge >= 0.3 is 0 Å². The molecule has 3 heteroatoms. The average Bonchev–Trinajstić information content (AvgIpc) is 2.16. The number of hydrogen-bond acceptors (Lipinski definition) is 3. The first-order chi connectivity index (χ1) is 5.83. The molecular formula is C9H13NS2. The van der Waals surface area contributed by atoms with Gasteiger partial charge in [0.1, 0.15) is 0 Å². The Morgan fingerprint density at radius 2 is 2.17 bits per heavy atom. The summed E-state index contributed by atoms with van der Waals surface area (Å²) >= 11 is 6.10. The maximum absolute atomic E-state index is 4.24. The molecule has 0 N–H and O–H groups in total. The molecule has 0 saturated carbocycles. The molecule has 0 aromatic carbocycles. The summed E-state index contributed by atoms with van der Waals surface area (Å²) in [5, 5.41) is 0. The quantitative estimate of drug-likeness (QED) is 0.591. The zero-order chi connectivity index (χ0) is 8.81. The highest BCUT2D eigenvalue weighted by atomic mass is 32.2. The van der Waals surface area contributed by atoms with Crippen LogP contribution in [0.2, 0.25) is 0 Å². The minimum Gasteiger partial charge on any atom is -0.265 e. The normalized spacial score (nSPS) is 12.8.